The van der Waals surface area contributed by atoms with Crippen molar-refractivity contribution in [2.75, 3.05) is 32.1 Å². The van der Waals surface area contributed by atoms with Crippen LogP contribution in [0.15, 0.2) is 18.2 Å². The maximum atomic E-state index is 13.3. The Morgan fingerprint density at radius 2 is 2.26 bits per heavy atom. The number of rotatable bonds is 4. The number of thioether (sulfide) groups is 1. The highest BCUT2D eigenvalue weighted by Crippen LogP contribution is 2.13. The van der Waals surface area contributed by atoms with Crippen LogP contribution in [-0.2, 0) is 0 Å². The Balaban J connectivity index is 3.03. The fourth-order valence-corrected chi connectivity index (χ4v) is 1.94. The molecule has 3 nitrogen and oxygen atoms in total. The molecule has 0 aliphatic heterocycles. The van der Waals surface area contributed by atoms with Crippen LogP contribution in [0.3, 0.4) is 0 Å². The van der Waals surface area contributed by atoms with Crippen LogP contribution in [0.1, 0.15) is 15.9 Å². The molecular weight excluding hydrogens is 263 g/mol. The SMILES string of the molecule is CSCCN(C)C(=O)c1cc(F)ccc1C#CCN. The van der Waals surface area contributed by atoms with Gasteiger partial charge in [0.1, 0.15) is 5.82 Å². The van der Waals surface area contributed by atoms with Crippen LogP contribution in [-0.4, -0.2) is 43.0 Å². The highest BCUT2D eigenvalue weighted by molar-refractivity contribution is 7.98. The predicted molar refractivity (Wildman–Crippen MR) is 77.7 cm³/mol. The van der Waals surface area contributed by atoms with Crippen LogP contribution in [0.5, 0.6) is 0 Å². The topological polar surface area (TPSA) is 46.3 Å². The molecule has 0 atom stereocenters. The zero-order valence-electron chi connectivity index (χ0n) is 11.1. The molecule has 1 rings (SSSR count). The number of hydrogen-bond donors (Lipinski definition) is 1. The number of halogens is 1. The summed E-state index contributed by atoms with van der Waals surface area (Å²) in [5, 5.41) is 0. The van der Waals surface area contributed by atoms with Gasteiger partial charge >= 0.3 is 0 Å². The van der Waals surface area contributed by atoms with Crippen molar-refractivity contribution in [3.05, 3.63) is 35.1 Å². The number of carbonyl (C=O) groups excluding carboxylic acids is 1. The van der Waals surface area contributed by atoms with Crippen molar-refractivity contribution in [3.8, 4) is 11.8 Å². The molecule has 1 amide bonds. The lowest BCUT2D eigenvalue weighted by Crippen LogP contribution is -2.29. The lowest BCUT2D eigenvalue weighted by molar-refractivity contribution is 0.0803. The van der Waals surface area contributed by atoms with Gasteiger partial charge in [0.15, 0.2) is 0 Å². The summed E-state index contributed by atoms with van der Waals surface area (Å²) in [4.78, 5) is 13.8. The van der Waals surface area contributed by atoms with E-state index in [4.69, 9.17) is 5.73 Å². The van der Waals surface area contributed by atoms with Crippen LogP contribution in [0.25, 0.3) is 0 Å². The van der Waals surface area contributed by atoms with Crippen LogP contribution < -0.4 is 5.73 Å². The highest BCUT2D eigenvalue weighted by Gasteiger charge is 2.15. The number of amides is 1. The van der Waals surface area contributed by atoms with Gasteiger partial charge in [-0.2, -0.15) is 11.8 Å². The van der Waals surface area contributed by atoms with Gasteiger partial charge in [0.25, 0.3) is 5.91 Å². The summed E-state index contributed by atoms with van der Waals surface area (Å²) in [6.45, 7) is 0.813. The molecule has 0 unspecified atom stereocenters. The van der Waals surface area contributed by atoms with Gasteiger partial charge < -0.3 is 10.6 Å². The molecule has 0 fully saturated rings. The summed E-state index contributed by atoms with van der Waals surface area (Å²) in [7, 11) is 1.70. The largest absolute Gasteiger partial charge is 0.341 e. The van der Waals surface area contributed by atoms with E-state index < -0.39 is 5.82 Å². The minimum atomic E-state index is -0.445. The molecule has 0 saturated heterocycles. The first-order valence-corrected chi connectivity index (χ1v) is 7.22. The van der Waals surface area contributed by atoms with Gasteiger partial charge in [-0.15, -0.1) is 0 Å². The average molecular weight is 280 g/mol. The Bertz CT molecular complexity index is 508. The van der Waals surface area contributed by atoms with Crippen molar-refractivity contribution in [2.24, 2.45) is 5.73 Å². The van der Waals surface area contributed by atoms with Crippen molar-refractivity contribution in [1.29, 1.82) is 0 Å². The third-order valence-electron chi connectivity index (χ3n) is 2.51. The van der Waals surface area contributed by atoms with Crippen LogP contribution >= 0.6 is 11.8 Å². The third kappa shape index (κ3) is 4.58. The number of carbonyl (C=O) groups is 1. The van der Waals surface area contributed by atoms with E-state index in [-0.39, 0.29) is 18.0 Å². The molecule has 0 radical (unpaired) electrons. The number of nitrogens with two attached hydrogens (primary N) is 1. The van der Waals surface area contributed by atoms with Gasteiger partial charge in [0.05, 0.1) is 12.1 Å². The van der Waals surface area contributed by atoms with Crippen molar-refractivity contribution in [1.82, 2.24) is 4.90 Å². The second kappa shape index (κ2) is 7.82. The summed E-state index contributed by atoms with van der Waals surface area (Å²) in [6.07, 6.45) is 1.97. The Morgan fingerprint density at radius 3 is 2.89 bits per heavy atom. The number of nitrogens with zero attached hydrogens (tertiary/aromatic N) is 1. The van der Waals surface area contributed by atoms with Gasteiger partial charge in [-0.1, -0.05) is 11.8 Å². The van der Waals surface area contributed by atoms with E-state index in [1.165, 1.54) is 18.2 Å². The molecular formula is C14H17FN2OS. The zero-order valence-corrected chi connectivity index (χ0v) is 11.9. The molecule has 5 heteroatoms. The summed E-state index contributed by atoms with van der Waals surface area (Å²) in [6, 6.07) is 4.02. The molecule has 19 heavy (non-hydrogen) atoms. The first-order valence-electron chi connectivity index (χ1n) is 5.83. The molecule has 0 aliphatic carbocycles. The van der Waals surface area contributed by atoms with Crippen molar-refractivity contribution in [3.63, 3.8) is 0 Å². The minimum Gasteiger partial charge on any atom is -0.341 e. The molecule has 102 valence electrons. The molecule has 0 aliphatic rings. The molecule has 0 bridgehead atoms. The fourth-order valence-electron chi connectivity index (χ4n) is 1.48. The zero-order chi connectivity index (χ0) is 14.3. The second-order valence-corrected chi connectivity index (χ2v) is 4.90. The van der Waals surface area contributed by atoms with Gasteiger partial charge in [-0.3, -0.25) is 4.79 Å². The Labute approximate surface area is 117 Å². The lowest BCUT2D eigenvalue weighted by atomic mass is 10.1. The maximum Gasteiger partial charge on any atom is 0.254 e. The van der Waals surface area contributed by atoms with Crippen LogP contribution in [0.2, 0.25) is 0 Å². The van der Waals surface area contributed by atoms with E-state index in [0.717, 1.165) is 5.75 Å². The predicted octanol–water partition coefficient (Wildman–Crippen LogP) is 1.57. The van der Waals surface area contributed by atoms with Gasteiger partial charge in [-0.25, -0.2) is 4.39 Å². The van der Waals surface area contributed by atoms with Crippen molar-refractivity contribution in [2.45, 2.75) is 0 Å². The molecule has 0 aromatic heterocycles. The third-order valence-corrected chi connectivity index (χ3v) is 3.11. The van der Waals surface area contributed by atoms with E-state index in [9.17, 15) is 9.18 Å². The minimum absolute atomic E-state index is 0.202. The van der Waals surface area contributed by atoms with Crippen LogP contribution in [0.4, 0.5) is 4.39 Å². The van der Waals surface area contributed by atoms with E-state index >= 15 is 0 Å². The van der Waals surface area contributed by atoms with Gasteiger partial charge in [0.2, 0.25) is 0 Å². The summed E-state index contributed by atoms with van der Waals surface area (Å²) < 4.78 is 13.3. The molecule has 1 aromatic rings. The molecule has 0 heterocycles. The molecule has 0 saturated carbocycles. The van der Waals surface area contributed by atoms with Gasteiger partial charge in [0, 0.05) is 24.9 Å². The van der Waals surface area contributed by atoms with E-state index in [0.29, 0.717) is 12.1 Å². The van der Waals surface area contributed by atoms with Crippen LogP contribution in [0, 0.1) is 17.7 Å². The van der Waals surface area contributed by atoms with Gasteiger partial charge in [-0.05, 0) is 24.5 Å². The summed E-state index contributed by atoms with van der Waals surface area (Å²) >= 11 is 1.65. The quantitative estimate of drug-likeness (QED) is 0.852. The standard InChI is InChI=1S/C14H17FN2OS/c1-17(8-9-19-2)14(18)13-10-12(15)6-5-11(13)4-3-7-16/h5-6,10H,7-9,16H2,1-2H3. The first-order chi connectivity index (χ1) is 9.10. The maximum absolute atomic E-state index is 13.3. The van der Waals surface area contributed by atoms with E-state index in [1.807, 2.05) is 6.26 Å². The monoisotopic (exact) mass is 280 g/mol. The van der Waals surface area contributed by atoms with E-state index in [2.05, 4.69) is 11.8 Å². The fraction of sp³-hybridized carbons (Fsp3) is 0.357. The Hall–Kier alpha value is -1.51. The Morgan fingerprint density at radius 1 is 1.53 bits per heavy atom. The molecule has 0 spiro atoms. The second-order valence-electron chi connectivity index (χ2n) is 3.92. The van der Waals surface area contributed by atoms with Crippen molar-refractivity contribution < 1.29 is 9.18 Å². The first kappa shape index (κ1) is 15.5. The normalized spacial score (nSPS) is 9.68. The number of benzene rings is 1. The summed E-state index contributed by atoms with van der Waals surface area (Å²) in [5.41, 5.74) is 6.10. The summed E-state index contributed by atoms with van der Waals surface area (Å²) in [5.74, 6) is 5.64. The Kier molecular flexibility index (Phi) is 6.40. The highest BCUT2D eigenvalue weighted by atomic mass is 32.2. The molecule has 1 aromatic carbocycles. The number of hydrogen-bond acceptors (Lipinski definition) is 3. The smallest absolute Gasteiger partial charge is 0.254 e. The lowest BCUT2D eigenvalue weighted by Gasteiger charge is -2.17. The van der Waals surface area contributed by atoms with E-state index in [1.54, 1.807) is 23.7 Å². The molecule has 2 N–H and O–H groups in total. The van der Waals surface area contributed by atoms with Crippen molar-refractivity contribution >= 4 is 17.7 Å². The average Bonchev–Trinajstić information content (AvgIpc) is 2.42.